The first-order valence-electron chi connectivity index (χ1n) is 5.20. The van der Waals surface area contributed by atoms with Crippen LogP contribution in [0.15, 0.2) is 0 Å². The van der Waals surface area contributed by atoms with Crippen molar-refractivity contribution in [2.24, 2.45) is 0 Å². The van der Waals surface area contributed by atoms with Crippen molar-refractivity contribution in [3.05, 3.63) is 0 Å². The summed E-state index contributed by atoms with van der Waals surface area (Å²) in [5.41, 5.74) is 0. The van der Waals surface area contributed by atoms with Crippen LogP contribution in [0.1, 0.15) is 38.5 Å². The molecule has 0 atom stereocenters. The summed E-state index contributed by atoms with van der Waals surface area (Å²) in [5, 5.41) is -0.285. The predicted molar refractivity (Wildman–Crippen MR) is 58.9 cm³/mol. The van der Waals surface area contributed by atoms with Gasteiger partial charge in [-0.3, -0.25) is 0 Å². The minimum atomic E-state index is -3.18. The van der Waals surface area contributed by atoms with Crippen LogP contribution in [0.4, 0.5) is 0 Å². The summed E-state index contributed by atoms with van der Waals surface area (Å²) in [4.78, 5) is 0. The van der Waals surface area contributed by atoms with Crippen LogP contribution in [-0.4, -0.2) is 31.0 Å². The summed E-state index contributed by atoms with van der Waals surface area (Å²) < 4.78 is 24.6. The van der Waals surface area contributed by atoms with Gasteiger partial charge in [-0.2, -0.15) is 0 Å². The molecule has 1 saturated heterocycles. The zero-order valence-electron chi connectivity index (χ0n) is 8.41. The van der Waals surface area contributed by atoms with Crippen LogP contribution in [0.2, 0.25) is 0 Å². The van der Waals surface area contributed by atoms with E-state index in [0.717, 1.165) is 25.7 Å². The van der Waals surface area contributed by atoms with Gasteiger partial charge in [0.25, 0.3) is 0 Å². The van der Waals surface area contributed by atoms with Gasteiger partial charge in [0.15, 0.2) is 0 Å². The third-order valence-corrected chi connectivity index (χ3v) is 4.85. The van der Waals surface area contributed by atoms with Gasteiger partial charge in [-0.15, -0.1) is 11.6 Å². The minimum Gasteiger partial charge on any atom is -0.211 e. The Labute approximate surface area is 91.5 Å². The maximum atomic E-state index is 11.5. The second-order valence-corrected chi connectivity index (χ2v) is 6.29. The van der Waals surface area contributed by atoms with Gasteiger partial charge < -0.3 is 0 Å². The number of sulfonamides is 1. The first-order valence-corrected chi connectivity index (χ1v) is 7.35. The number of hydrogen-bond acceptors (Lipinski definition) is 2. The van der Waals surface area contributed by atoms with Crippen molar-refractivity contribution in [3.8, 4) is 0 Å². The SMILES string of the molecule is O=S(=O)(CCl)N1CCCCCCCC1. The third kappa shape index (κ3) is 3.75. The van der Waals surface area contributed by atoms with E-state index >= 15 is 0 Å². The molecule has 5 heteroatoms. The largest absolute Gasteiger partial charge is 0.228 e. The highest BCUT2D eigenvalue weighted by Gasteiger charge is 2.20. The van der Waals surface area contributed by atoms with E-state index in [1.54, 1.807) is 4.31 Å². The highest BCUT2D eigenvalue weighted by Crippen LogP contribution is 2.14. The van der Waals surface area contributed by atoms with Gasteiger partial charge >= 0.3 is 0 Å². The van der Waals surface area contributed by atoms with E-state index in [1.165, 1.54) is 12.8 Å². The molecule has 84 valence electrons. The summed E-state index contributed by atoms with van der Waals surface area (Å²) in [6, 6.07) is 0. The molecule has 1 rings (SSSR count). The first-order chi connectivity index (χ1) is 6.67. The Kier molecular flexibility index (Phi) is 5.20. The fraction of sp³-hybridized carbons (Fsp3) is 1.00. The molecule has 0 aromatic heterocycles. The number of alkyl halides is 1. The number of nitrogens with zero attached hydrogens (tertiary/aromatic N) is 1. The number of halogens is 1. The predicted octanol–water partition coefficient (Wildman–Crippen LogP) is 2.17. The molecule has 0 N–H and O–H groups in total. The van der Waals surface area contributed by atoms with Crippen molar-refractivity contribution in [1.82, 2.24) is 4.31 Å². The minimum absolute atomic E-state index is 0.285. The van der Waals surface area contributed by atoms with Crippen molar-refractivity contribution < 1.29 is 8.42 Å². The highest BCUT2D eigenvalue weighted by atomic mass is 35.5. The average molecular weight is 240 g/mol. The van der Waals surface area contributed by atoms with Gasteiger partial charge in [-0.1, -0.05) is 25.7 Å². The van der Waals surface area contributed by atoms with Crippen LogP contribution in [0.3, 0.4) is 0 Å². The van der Waals surface area contributed by atoms with Crippen LogP contribution in [0.25, 0.3) is 0 Å². The Hall–Kier alpha value is 0.200. The van der Waals surface area contributed by atoms with Gasteiger partial charge in [0.05, 0.1) is 0 Å². The van der Waals surface area contributed by atoms with Crippen molar-refractivity contribution in [3.63, 3.8) is 0 Å². The van der Waals surface area contributed by atoms with Crippen molar-refractivity contribution in [1.29, 1.82) is 0 Å². The van der Waals surface area contributed by atoms with E-state index in [4.69, 9.17) is 11.6 Å². The van der Waals surface area contributed by atoms with E-state index in [0.29, 0.717) is 13.1 Å². The van der Waals surface area contributed by atoms with Gasteiger partial charge in [0, 0.05) is 13.1 Å². The molecular formula is C9H18ClNO2S. The molecule has 1 aliphatic rings. The summed E-state index contributed by atoms with van der Waals surface area (Å²) in [7, 11) is -3.18. The van der Waals surface area contributed by atoms with Gasteiger partial charge in [-0.05, 0) is 12.8 Å². The average Bonchev–Trinajstić information content (AvgIpc) is 2.30. The standard InChI is InChI=1S/C9H18ClNO2S/c10-9-14(12,13)11-7-5-3-1-2-4-6-8-11/h1-9H2. The monoisotopic (exact) mass is 239 g/mol. The lowest BCUT2D eigenvalue weighted by Gasteiger charge is -2.19. The van der Waals surface area contributed by atoms with E-state index < -0.39 is 10.0 Å². The van der Waals surface area contributed by atoms with Crippen LogP contribution in [0, 0.1) is 0 Å². The molecule has 0 spiro atoms. The molecule has 1 heterocycles. The maximum absolute atomic E-state index is 11.5. The Bertz CT molecular complexity index is 244. The molecule has 0 bridgehead atoms. The third-order valence-electron chi connectivity index (χ3n) is 2.60. The molecule has 0 unspecified atom stereocenters. The molecular weight excluding hydrogens is 222 g/mol. The molecule has 1 aliphatic heterocycles. The lowest BCUT2D eigenvalue weighted by molar-refractivity contribution is 0.404. The van der Waals surface area contributed by atoms with E-state index in [-0.39, 0.29) is 5.21 Å². The molecule has 14 heavy (non-hydrogen) atoms. The molecule has 1 fully saturated rings. The molecule has 0 amide bonds. The zero-order chi connectivity index (χ0) is 10.4. The summed E-state index contributed by atoms with van der Waals surface area (Å²) in [5.74, 6) is 0. The first kappa shape index (κ1) is 12.3. The van der Waals surface area contributed by atoms with Crippen molar-refractivity contribution >= 4 is 21.6 Å². The van der Waals surface area contributed by atoms with Crippen molar-refractivity contribution in [2.45, 2.75) is 38.5 Å². The fourth-order valence-electron chi connectivity index (χ4n) is 1.74. The zero-order valence-corrected chi connectivity index (χ0v) is 9.99. The van der Waals surface area contributed by atoms with E-state index in [1.807, 2.05) is 0 Å². The molecule has 0 aliphatic carbocycles. The number of hydrogen-bond donors (Lipinski definition) is 0. The fourth-order valence-corrected chi connectivity index (χ4v) is 3.11. The smallest absolute Gasteiger partial charge is 0.211 e. The van der Waals surface area contributed by atoms with Gasteiger partial charge in [-0.25, -0.2) is 12.7 Å². The molecule has 0 aromatic rings. The molecule has 0 aromatic carbocycles. The van der Waals surface area contributed by atoms with Crippen LogP contribution in [-0.2, 0) is 10.0 Å². The lowest BCUT2D eigenvalue weighted by Crippen LogP contribution is -2.33. The van der Waals surface area contributed by atoms with Crippen LogP contribution < -0.4 is 0 Å². The number of rotatable bonds is 2. The lowest BCUT2D eigenvalue weighted by atomic mass is 10.1. The van der Waals surface area contributed by atoms with Crippen molar-refractivity contribution in [2.75, 3.05) is 18.3 Å². The quantitative estimate of drug-likeness (QED) is 0.693. The highest BCUT2D eigenvalue weighted by molar-refractivity contribution is 7.90. The molecule has 3 nitrogen and oxygen atoms in total. The summed E-state index contributed by atoms with van der Waals surface area (Å²) in [6.07, 6.45) is 6.67. The Morgan fingerprint density at radius 3 is 1.79 bits per heavy atom. The Morgan fingerprint density at radius 1 is 0.929 bits per heavy atom. The maximum Gasteiger partial charge on any atom is 0.228 e. The van der Waals surface area contributed by atoms with E-state index in [2.05, 4.69) is 0 Å². The summed E-state index contributed by atoms with van der Waals surface area (Å²) >= 11 is 5.43. The summed E-state index contributed by atoms with van der Waals surface area (Å²) in [6.45, 7) is 1.30. The Balaban J connectivity index is 2.56. The molecule has 0 radical (unpaired) electrons. The topological polar surface area (TPSA) is 37.4 Å². The van der Waals surface area contributed by atoms with Gasteiger partial charge in [0.2, 0.25) is 10.0 Å². The second-order valence-electron chi connectivity index (χ2n) is 3.74. The Morgan fingerprint density at radius 2 is 1.36 bits per heavy atom. The normalized spacial score (nSPS) is 22.4. The van der Waals surface area contributed by atoms with Gasteiger partial charge in [0.1, 0.15) is 5.21 Å². The van der Waals surface area contributed by atoms with E-state index in [9.17, 15) is 8.42 Å². The second kappa shape index (κ2) is 5.93. The van der Waals surface area contributed by atoms with Crippen LogP contribution >= 0.6 is 11.6 Å². The van der Waals surface area contributed by atoms with Crippen LogP contribution in [0.5, 0.6) is 0 Å². The molecule has 0 saturated carbocycles.